The van der Waals surface area contributed by atoms with Crippen LogP contribution in [0.15, 0.2) is 28.7 Å². The maximum atomic E-state index is 10.7. The molecular weight excluding hydrogens is 256 g/mol. The average molecular weight is 272 g/mol. The number of benzene rings is 1. The van der Waals surface area contributed by atoms with Gasteiger partial charge < -0.3 is 14.4 Å². The summed E-state index contributed by atoms with van der Waals surface area (Å²) < 4.78 is 5.36. The predicted octanol–water partition coefficient (Wildman–Crippen LogP) is 1.95. The number of aromatic hydroxyl groups is 1. The molecule has 1 aliphatic heterocycles. The van der Waals surface area contributed by atoms with Crippen LogP contribution in [0.2, 0.25) is 0 Å². The van der Waals surface area contributed by atoms with Gasteiger partial charge >= 0.3 is 0 Å². The van der Waals surface area contributed by atoms with Crippen molar-refractivity contribution in [2.45, 2.75) is 18.8 Å². The van der Waals surface area contributed by atoms with Crippen LogP contribution in [0.5, 0.6) is 5.75 Å². The van der Waals surface area contributed by atoms with E-state index in [2.05, 4.69) is 0 Å². The highest BCUT2D eigenvalue weighted by Crippen LogP contribution is 2.33. The third-order valence-electron chi connectivity index (χ3n) is 3.91. The molecule has 1 amide bonds. The number of phenols is 1. The number of piperidine rings is 1. The topological polar surface area (TPSA) is 77.5 Å². The van der Waals surface area contributed by atoms with Gasteiger partial charge in [0.25, 0.3) is 0 Å². The Hall–Kier alpha value is -2.30. The van der Waals surface area contributed by atoms with E-state index in [4.69, 9.17) is 9.83 Å². The highest BCUT2D eigenvalue weighted by Gasteiger charge is 2.21. The number of nitrogens with one attached hydrogen (secondary N) is 1. The summed E-state index contributed by atoms with van der Waals surface area (Å²) in [5.41, 5.74) is 1.62. The Morgan fingerprint density at radius 3 is 2.75 bits per heavy atom. The summed E-state index contributed by atoms with van der Waals surface area (Å²) in [6.07, 6.45) is 2.64. The molecule has 0 spiro atoms. The SMILES string of the molecule is N=c1ccc2c(O)cc(C3CCN(C=O)CC3)cc2o1. The molecule has 0 atom stereocenters. The largest absolute Gasteiger partial charge is 0.507 e. The fourth-order valence-corrected chi connectivity index (χ4v) is 2.77. The summed E-state index contributed by atoms with van der Waals surface area (Å²) in [5, 5.41) is 18.2. The molecule has 3 rings (SSSR count). The molecule has 0 aliphatic carbocycles. The first-order valence-corrected chi connectivity index (χ1v) is 6.68. The molecule has 0 saturated carbocycles. The first kappa shape index (κ1) is 12.7. The maximum Gasteiger partial charge on any atom is 0.211 e. The molecule has 1 aromatic carbocycles. The van der Waals surface area contributed by atoms with Gasteiger partial charge in [-0.25, -0.2) is 0 Å². The molecular formula is C15H16N2O3. The summed E-state index contributed by atoms with van der Waals surface area (Å²) in [5.74, 6) is 0.491. The molecule has 0 radical (unpaired) electrons. The number of likely N-dealkylation sites (tertiary alicyclic amines) is 1. The van der Waals surface area contributed by atoms with Crippen molar-refractivity contribution in [3.05, 3.63) is 35.4 Å². The van der Waals surface area contributed by atoms with Crippen molar-refractivity contribution in [3.63, 3.8) is 0 Å². The third-order valence-corrected chi connectivity index (χ3v) is 3.91. The lowest BCUT2D eigenvalue weighted by Crippen LogP contribution is -2.31. The Kier molecular flexibility index (Phi) is 3.18. The minimum Gasteiger partial charge on any atom is -0.507 e. The molecule has 1 fully saturated rings. The second-order valence-electron chi connectivity index (χ2n) is 5.17. The molecule has 1 aromatic heterocycles. The Labute approximate surface area is 116 Å². The van der Waals surface area contributed by atoms with E-state index < -0.39 is 0 Å². The molecule has 1 aliphatic rings. The van der Waals surface area contributed by atoms with Crippen molar-refractivity contribution in [2.75, 3.05) is 13.1 Å². The van der Waals surface area contributed by atoms with Crippen LogP contribution < -0.4 is 5.55 Å². The number of hydrogen-bond acceptors (Lipinski definition) is 4. The molecule has 20 heavy (non-hydrogen) atoms. The van der Waals surface area contributed by atoms with Crippen LogP contribution in [0, 0.1) is 5.41 Å². The average Bonchev–Trinajstić information content (AvgIpc) is 2.46. The Morgan fingerprint density at radius 2 is 2.05 bits per heavy atom. The summed E-state index contributed by atoms with van der Waals surface area (Å²) in [7, 11) is 0. The molecule has 0 bridgehead atoms. The van der Waals surface area contributed by atoms with Crippen LogP contribution >= 0.6 is 0 Å². The normalized spacial score (nSPS) is 16.5. The highest BCUT2D eigenvalue weighted by molar-refractivity contribution is 5.83. The third kappa shape index (κ3) is 2.27. The first-order chi connectivity index (χ1) is 9.67. The zero-order valence-corrected chi connectivity index (χ0v) is 11.0. The molecule has 2 N–H and O–H groups in total. The van der Waals surface area contributed by atoms with Crippen molar-refractivity contribution in [2.24, 2.45) is 0 Å². The van der Waals surface area contributed by atoms with Gasteiger partial charge in [0, 0.05) is 19.2 Å². The first-order valence-electron chi connectivity index (χ1n) is 6.68. The van der Waals surface area contributed by atoms with Gasteiger partial charge in [-0.3, -0.25) is 10.2 Å². The van der Waals surface area contributed by atoms with E-state index in [1.54, 1.807) is 17.0 Å². The number of rotatable bonds is 2. The fraction of sp³-hybridized carbons (Fsp3) is 0.333. The summed E-state index contributed by atoms with van der Waals surface area (Å²) in [4.78, 5) is 12.5. The van der Waals surface area contributed by atoms with Crippen molar-refractivity contribution in [3.8, 4) is 5.75 Å². The van der Waals surface area contributed by atoms with Crippen molar-refractivity contribution in [1.29, 1.82) is 5.41 Å². The van der Waals surface area contributed by atoms with Crippen LogP contribution in [0.25, 0.3) is 11.0 Å². The van der Waals surface area contributed by atoms with Crippen LogP contribution in [-0.4, -0.2) is 29.5 Å². The lowest BCUT2D eigenvalue weighted by Gasteiger charge is -2.29. The second-order valence-corrected chi connectivity index (χ2v) is 5.17. The van der Waals surface area contributed by atoms with E-state index >= 15 is 0 Å². The summed E-state index contributed by atoms with van der Waals surface area (Å²) in [6, 6.07) is 6.87. The molecule has 2 aromatic rings. The Bertz CT molecular complexity index is 700. The van der Waals surface area contributed by atoms with Crippen LogP contribution in [0.3, 0.4) is 0 Å². The minimum atomic E-state index is 0.0739. The van der Waals surface area contributed by atoms with Gasteiger partial charge in [-0.05, 0) is 42.5 Å². The molecule has 2 heterocycles. The molecule has 5 heteroatoms. The molecule has 1 saturated heterocycles. The van der Waals surface area contributed by atoms with E-state index in [0.29, 0.717) is 16.9 Å². The van der Waals surface area contributed by atoms with Crippen molar-refractivity contribution < 1.29 is 14.3 Å². The number of phenolic OH excluding ortho intramolecular Hbond substituents is 1. The molecule has 0 unspecified atom stereocenters. The van der Waals surface area contributed by atoms with Crippen LogP contribution in [0.1, 0.15) is 24.3 Å². The van der Waals surface area contributed by atoms with Gasteiger partial charge in [0.05, 0.1) is 5.39 Å². The minimum absolute atomic E-state index is 0.0739. The van der Waals surface area contributed by atoms with E-state index in [1.807, 2.05) is 6.07 Å². The molecule has 5 nitrogen and oxygen atoms in total. The van der Waals surface area contributed by atoms with Crippen molar-refractivity contribution in [1.82, 2.24) is 4.90 Å². The molecule has 104 valence electrons. The smallest absolute Gasteiger partial charge is 0.211 e. The zero-order valence-electron chi connectivity index (χ0n) is 11.0. The van der Waals surface area contributed by atoms with Gasteiger partial charge in [0.1, 0.15) is 11.3 Å². The number of amides is 1. The number of hydrogen-bond donors (Lipinski definition) is 2. The van der Waals surface area contributed by atoms with E-state index in [-0.39, 0.29) is 11.3 Å². The number of fused-ring (bicyclic) bond motifs is 1. The number of nitrogens with zero attached hydrogens (tertiary/aromatic N) is 1. The van der Waals surface area contributed by atoms with E-state index in [0.717, 1.165) is 37.9 Å². The van der Waals surface area contributed by atoms with E-state index in [1.165, 1.54) is 6.07 Å². The van der Waals surface area contributed by atoms with E-state index in [9.17, 15) is 9.90 Å². The second kappa shape index (κ2) is 5.00. The van der Waals surface area contributed by atoms with Gasteiger partial charge in [-0.15, -0.1) is 0 Å². The Balaban J connectivity index is 1.96. The lowest BCUT2D eigenvalue weighted by atomic mass is 9.89. The predicted molar refractivity (Wildman–Crippen MR) is 73.3 cm³/mol. The standard InChI is InChI=1S/C15H16N2O3/c16-15-2-1-12-13(19)7-11(8-14(12)20-15)10-3-5-17(9-18)6-4-10/h1-2,7-10,16,19H,3-6H2. The van der Waals surface area contributed by atoms with Gasteiger partial charge in [-0.1, -0.05) is 0 Å². The van der Waals surface area contributed by atoms with Crippen LogP contribution in [0.4, 0.5) is 0 Å². The highest BCUT2D eigenvalue weighted by atomic mass is 16.3. The quantitative estimate of drug-likeness (QED) is 0.820. The zero-order chi connectivity index (χ0) is 14.1. The lowest BCUT2D eigenvalue weighted by molar-refractivity contribution is -0.119. The van der Waals surface area contributed by atoms with Crippen LogP contribution in [-0.2, 0) is 4.79 Å². The monoisotopic (exact) mass is 272 g/mol. The number of carbonyl (C=O) groups is 1. The van der Waals surface area contributed by atoms with Gasteiger partial charge in [0.15, 0.2) is 0 Å². The van der Waals surface area contributed by atoms with Gasteiger partial charge in [-0.2, -0.15) is 0 Å². The fourth-order valence-electron chi connectivity index (χ4n) is 2.77. The van der Waals surface area contributed by atoms with Crippen molar-refractivity contribution >= 4 is 17.4 Å². The van der Waals surface area contributed by atoms with Gasteiger partial charge in [0.2, 0.25) is 12.0 Å². The Morgan fingerprint density at radius 1 is 1.30 bits per heavy atom. The summed E-state index contributed by atoms with van der Waals surface area (Å²) >= 11 is 0. The summed E-state index contributed by atoms with van der Waals surface area (Å²) in [6.45, 7) is 1.48. The number of carbonyl (C=O) groups excluding carboxylic acids is 1. The maximum absolute atomic E-state index is 10.7.